The van der Waals surface area contributed by atoms with Crippen molar-refractivity contribution in [3.8, 4) is 0 Å². The van der Waals surface area contributed by atoms with Crippen LogP contribution in [0.4, 0.5) is 0 Å². The van der Waals surface area contributed by atoms with Crippen LogP contribution in [-0.2, 0) is 4.79 Å². The number of carbonyl (C=O) groups is 2. The Kier molecular flexibility index (Phi) is 6.43. The standard InChI is InChI=1S/C13H17BrN2O2/c1-2-3-4-8-12(17)15-16-13(18)10-6-5-7-11(14)9-10/h5-7,9H,2-4,8H2,1H3,(H,15,17)(H,16,18). The summed E-state index contributed by atoms with van der Waals surface area (Å²) in [5, 5.41) is 0. The maximum atomic E-state index is 11.7. The lowest BCUT2D eigenvalue weighted by atomic mass is 10.2. The molecular formula is C13H17BrN2O2. The Morgan fingerprint density at radius 1 is 1.22 bits per heavy atom. The van der Waals surface area contributed by atoms with E-state index in [4.69, 9.17) is 0 Å². The monoisotopic (exact) mass is 312 g/mol. The molecular weight excluding hydrogens is 296 g/mol. The third-order valence-corrected chi connectivity index (χ3v) is 2.90. The van der Waals surface area contributed by atoms with Crippen LogP contribution in [0.5, 0.6) is 0 Å². The van der Waals surface area contributed by atoms with Gasteiger partial charge in [-0.15, -0.1) is 0 Å². The number of benzene rings is 1. The topological polar surface area (TPSA) is 58.2 Å². The van der Waals surface area contributed by atoms with Gasteiger partial charge in [-0.05, 0) is 24.6 Å². The highest BCUT2D eigenvalue weighted by Crippen LogP contribution is 2.11. The highest BCUT2D eigenvalue weighted by Gasteiger charge is 2.07. The van der Waals surface area contributed by atoms with E-state index in [1.54, 1.807) is 18.2 Å². The Labute approximate surface area is 115 Å². The van der Waals surface area contributed by atoms with Gasteiger partial charge in [-0.2, -0.15) is 0 Å². The molecule has 4 nitrogen and oxygen atoms in total. The minimum absolute atomic E-state index is 0.160. The second kappa shape index (κ2) is 7.87. The van der Waals surface area contributed by atoms with Crippen molar-refractivity contribution in [3.63, 3.8) is 0 Å². The van der Waals surface area contributed by atoms with Gasteiger partial charge in [0, 0.05) is 16.5 Å². The number of unbranched alkanes of at least 4 members (excludes halogenated alkanes) is 2. The van der Waals surface area contributed by atoms with Crippen LogP contribution in [0.1, 0.15) is 43.0 Å². The SMILES string of the molecule is CCCCCC(=O)NNC(=O)c1cccc(Br)c1. The van der Waals surface area contributed by atoms with Crippen LogP contribution >= 0.6 is 15.9 Å². The maximum Gasteiger partial charge on any atom is 0.269 e. The minimum atomic E-state index is -0.319. The van der Waals surface area contributed by atoms with Crippen molar-refractivity contribution in [2.45, 2.75) is 32.6 Å². The molecule has 2 amide bonds. The maximum absolute atomic E-state index is 11.7. The van der Waals surface area contributed by atoms with Gasteiger partial charge in [0.2, 0.25) is 5.91 Å². The van der Waals surface area contributed by atoms with Gasteiger partial charge in [0.05, 0.1) is 0 Å². The molecule has 0 unspecified atom stereocenters. The zero-order chi connectivity index (χ0) is 13.4. The number of amides is 2. The highest BCUT2D eigenvalue weighted by molar-refractivity contribution is 9.10. The van der Waals surface area contributed by atoms with E-state index < -0.39 is 0 Å². The fraction of sp³-hybridized carbons (Fsp3) is 0.385. The van der Waals surface area contributed by atoms with Gasteiger partial charge < -0.3 is 0 Å². The molecule has 0 heterocycles. The summed E-state index contributed by atoms with van der Waals surface area (Å²) in [5.41, 5.74) is 5.30. The van der Waals surface area contributed by atoms with Gasteiger partial charge in [0.15, 0.2) is 0 Å². The van der Waals surface area contributed by atoms with E-state index in [1.165, 1.54) is 0 Å². The Morgan fingerprint density at radius 3 is 2.67 bits per heavy atom. The summed E-state index contributed by atoms with van der Waals surface area (Å²) in [6, 6.07) is 6.98. The number of hydrogen-bond donors (Lipinski definition) is 2. The van der Waals surface area contributed by atoms with Crippen LogP contribution in [-0.4, -0.2) is 11.8 Å². The van der Waals surface area contributed by atoms with E-state index in [2.05, 4.69) is 33.7 Å². The van der Waals surface area contributed by atoms with Crippen molar-refractivity contribution >= 4 is 27.7 Å². The van der Waals surface area contributed by atoms with Gasteiger partial charge in [-0.3, -0.25) is 20.4 Å². The van der Waals surface area contributed by atoms with E-state index in [0.29, 0.717) is 12.0 Å². The molecule has 1 aromatic rings. The number of carbonyl (C=O) groups excluding carboxylic acids is 2. The van der Waals surface area contributed by atoms with Crippen molar-refractivity contribution in [1.82, 2.24) is 10.9 Å². The zero-order valence-electron chi connectivity index (χ0n) is 10.3. The van der Waals surface area contributed by atoms with E-state index in [1.807, 2.05) is 6.07 Å². The minimum Gasteiger partial charge on any atom is -0.273 e. The van der Waals surface area contributed by atoms with Gasteiger partial charge >= 0.3 is 0 Å². The lowest BCUT2D eigenvalue weighted by Crippen LogP contribution is -2.41. The molecule has 0 aliphatic carbocycles. The van der Waals surface area contributed by atoms with E-state index >= 15 is 0 Å². The smallest absolute Gasteiger partial charge is 0.269 e. The molecule has 0 fully saturated rings. The fourth-order valence-corrected chi connectivity index (χ4v) is 1.83. The number of nitrogens with one attached hydrogen (secondary N) is 2. The van der Waals surface area contributed by atoms with Gasteiger partial charge in [0.25, 0.3) is 5.91 Å². The first-order valence-corrected chi connectivity index (χ1v) is 6.77. The second-order valence-corrected chi connectivity index (χ2v) is 4.89. The zero-order valence-corrected chi connectivity index (χ0v) is 11.9. The van der Waals surface area contributed by atoms with Crippen molar-refractivity contribution in [2.24, 2.45) is 0 Å². The predicted molar refractivity (Wildman–Crippen MR) is 73.9 cm³/mol. The third-order valence-electron chi connectivity index (χ3n) is 2.41. The fourth-order valence-electron chi connectivity index (χ4n) is 1.43. The summed E-state index contributed by atoms with van der Waals surface area (Å²) < 4.78 is 0.824. The van der Waals surface area contributed by atoms with Crippen LogP contribution in [0.3, 0.4) is 0 Å². The molecule has 0 aliphatic heterocycles. The quantitative estimate of drug-likeness (QED) is 0.649. The average molecular weight is 313 g/mol. The summed E-state index contributed by atoms with van der Waals surface area (Å²) in [6.45, 7) is 2.08. The second-order valence-electron chi connectivity index (χ2n) is 3.97. The number of hydrogen-bond acceptors (Lipinski definition) is 2. The molecule has 0 aliphatic rings. The molecule has 98 valence electrons. The van der Waals surface area contributed by atoms with Crippen LogP contribution in [0.25, 0.3) is 0 Å². The Morgan fingerprint density at radius 2 is 2.00 bits per heavy atom. The lowest BCUT2D eigenvalue weighted by molar-refractivity contribution is -0.121. The summed E-state index contributed by atoms with van der Waals surface area (Å²) in [7, 11) is 0. The van der Waals surface area contributed by atoms with Crippen molar-refractivity contribution in [2.75, 3.05) is 0 Å². The summed E-state index contributed by atoms with van der Waals surface area (Å²) >= 11 is 3.29. The van der Waals surface area contributed by atoms with Crippen molar-refractivity contribution in [3.05, 3.63) is 34.3 Å². The summed E-state index contributed by atoms with van der Waals surface area (Å²) in [4.78, 5) is 23.1. The molecule has 2 N–H and O–H groups in total. The first-order chi connectivity index (χ1) is 8.63. The van der Waals surface area contributed by atoms with Gasteiger partial charge in [-0.1, -0.05) is 41.8 Å². The molecule has 18 heavy (non-hydrogen) atoms. The molecule has 0 saturated carbocycles. The Hall–Kier alpha value is -1.36. The number of hydrazine groups is 1. The van der Waals surface area contributed by atoms with E-state index in [0.717, 1.165) is 23.7 Å². The predicted octanol–water partition coefficient (Wildman–Crippen LogP) is 2.79. The molecule has 0 saturated heterocycles. The first-order valence-electron chi connectivity index (χ1n) is 5.98. The Bertz CT molecular complexity index is 421. The third kappa shape index (κ3) is 5.31. The van der Waals surface area contributed by atoms with Gasteiger partial charge in [0.1, 0.15) is 0 Å². The molecule has 1 rings (SSSR count). The first kappa shape index (κ1) is 14.7. The lowest BCUT2D eigenvalue weighted by Gasteiger charge is -2.07. The number of rotatable bonds is 5. The molecule has 0 spiro atoms. The molecule has 0 bridgehead atoms. The van der Waals surface area contributed by atoms with Crippen molar-refractivity contribution in [1.29, 1.82) is 0 Å². The molecule has 0 atom stereocenters. The number of halogens is 1. The van der Waals surface area contributed by atoms with E-state index in [-0.39, 0.29) is 11.8 Å². The van der Waals surface area contributed by atoms with Crippen LogP contribution in [0, 0.1) is 0 Å². The van der Waals surface area contributed by atoms with Crippen LogP contribution in [0.2, 0.25) is 0 Å². The average Bonchev–Trinajstić information content (AvgIpc) is 2.36. The summed E-state index contributed by atoms with van der Waals surface area (Å²) in [5.74, 6) is -0.480. The molecule has 0 radical (unpaired) electrons. The van der Waals surface area contributed by atoms with Crippen LogP contribution in [0.15, 0.2) is 28.7 Å². The normalized spacial score (nSPS) is 9.89. The molecule has 1 aromatic carbocycles. The molecule has 5 heteroatoms. The molecule has 0 aromatic heterocycles. The highest BCUT2D eigenvalue weighted by atomic mass is 79.9. The summed E-state index contributed by atoms with van der Waals surface area (Å²) in [6.07, 6.45) is 3.37. The van der Waals surface area contributed by atoms with Gasteiger partial charge in [-0.25, -0.2) is 0 Å². The Balaban J connectivity index is 2.35. The van der Waals surface area contributed by atoms with Crippen LogP contribution < -0.4 is 10.9 Å². The largest absolute Gasteiger partial charge is 0.273 e. The van der Waals surface area contributed by atoms with Crippen molar-refractivity contribution < 1.29 is 9.59 Å². The van der Waals surface area contributed by atoms with E-state index in [9.17, 15) is 9.59 Å².